The highest BCUT2D eigenvalue weighted by Gasteiger charge is 2.44. The van der Waals surface area contributed by atoms with E-state index in [9.17, 15) is 15.3 Å². The van der Waals surface area contributed by atoms with Gasteiger partial charge in [0.1, 0.15) is 24.6 Å². The van der Waals surface area contributed by atoms with Gasteiger partial charge in [-0.3, -0.25) is 4.57 Å². The highest BCUT2D eigenvalue weighted by Crippen LogP contribution is 2.32. The summed E-state index contributed by atoms with van der Waals surface area (Å²) in [5.74, 6) is 0.515. The third-order valence-corrected chi connectivity index (χ3v) is 4.19. The van der Waals surface area contributed by atoms with Crippen molar-refractivity contribution in [1.29, 1.82) is 0 Å². The predicted molar refractivity (Wildman–Crippen MR) is 88.1 cm³/mol. The van der Waals surface area contributed by atoms with Gasteiger partial charge >= 0.3 is 0 Å². The van der Waals surface area contributed by atoms with Crippen molar-refractivity contribution < 1.29 is 20.1 Å². The van der Waals surface area contributed by atoms with Crippen LogP contribution in [0.15, 0.2) is 43.0 Å². The van der Waals surface area contributed by atoms with Crippen LogP contribution >= 0.6 is 0 Å². The molecule has 3 heterocycles. The van der Waals surface area contributed by atoms with Gasteiger partial charge in [-0.15, -0.1) is 0 Å². The van der Waals surface area contributed by atoms with E-state index in [2.05, 4.69) is 20.3 Å². The number of aliphatic hydroxyl groups is 3. The molecule has 9 nitrogen and oxygen atoms in total. The average Bonchev–Trinajstić information content (AvgIpc) is 3.18. The second-order valence-electron chi connectivity index (χ2n) is 5.77. The fraction of sp³-hybridized carbons (Fsp3) is 0.312. The number of para-hydroxylation sites is 1. The lowest BCUT2D eigenvalue weighted by Crippen LogP contribution is -2.33. The van der Waals surface area contributed by atoms with E-state index in [4.69, 9.17) is 4.74 Å². The van der Waals surface area contributed by atoms with Crippen LogP contribution < -0.4 is 5.32 Å². The number of ether oxygens (including phenoxy) is 1. The van der Waals surface area contributed by atoms with E-state index < -0.39 is 31.1 Å². The Bertz CT molecular complexity index is 871. The molecule has 4 rings (SSSR count). The quantitative estimate of drug-likeness (QED) is 0.529. The Hall–Kier alpha value is -2.59. The van der Waals surface area contributed by atoms with Crippen molar-refractivity contribution in [2.75, 3.05) is 11.9 Å². The summed E-state index contributed by atoms with van der Waals surface area (Å²) in [4.78, 5) is 12.7. The molecule has 2 aromatic heterocycles. The molecule has 130 valence electrons. The molecule has 9 heteroatoms. The third kappa shape index (κ3) is 2.72. The molecule has 1 aromatic carbocycles. The van der Waals surface area contributed by atoms with E-state index in [1.807, 2.05) is 30.3 Å². The van der Waals surface area contributed by atoms with E-state index in [0.717, 1.165) is 5.69 Å². The van der Waals surface area contributed by atoms with Crippen LogP contribution in [-0.2, 0) is 4.74 Å². The molecule has 0 amide bonds. The number of nitrogens with one attached hydrogen (secondary N) is 1. The summed E-state index contributed by atoms with van der Waals surface area (Å²) in [6.45, 7) is -0.392. The minimum absolute atomic E-state index is 0.392. The zero-order valence-corrected chi connectivity index (χ0v) is 13.1. The lowest BCUT2D eigenvalue weighted by Gasteiger charge is -2.16. The average molecular weight is 343 g/mol. The Morgan fingerprint density at radius 2 is 1.88 bits per heavy atom. The molecule has 1 saturated heterocycles. The first-order valence-corrected chi connectivity index (χ1v) is 7.81. The van der Waals surface area contributed by atoms with E-state index in [-0.39, 0.29) is 0 Å². The van der Waals surface area contributed by atoms with Crippen LogP contribution in [-0.4, -0.2) is 59.8 Å². The molecule has 4 N–H and O–H groups in total. The summed E-state index contributed by atoms with van der Waals surface area (Å²) < 4.78 is 7.06. The Morgan fingerprint density at radius 1 is 1.08 bits per heavy atom. The van der Waals surface area contributed by atoms with Crippen molar-refractivity contribution in [3.05, 3.63) is 43.0 Å². The Labute approximate surface area is 142 Å². The normalized spacial score (nSPS) is 26.2. The smallest absolute Gasteiger partial charge is 0.167 e. The largest absolute Gasteiger partial charge is 0.394 e. The summed E-state index contributed by atoms with van der Waals surface area (Å²) >= 11 is 0. The molecule has 3 aromatic rings. The number of fused-ring (bicyclic) bond motifs is 1. The SMILES string of the molecule is OC[C@H]1O[C@@H](n2cnc3c(Nc4ccccc4)ncnc32)C(O)C1O. The van der Waals surface area contributed by atoms with Gasteiger partial charge in [0.05, 0.1) is 12.9 Å². The fourth-order valence-electron chi connectivity index (χ4n) is 2.90. The van der Waals surface area contributed by atoms with Crippen LogP contribution in [0.2, 0.25) is 0 Å². The first-order valence-electron chi connectivity index (χ1n) is 7.81. The lowest BCUT2D eigenvalue weighted by molar-refractivity contribution is -0.0511. The Balaban J connectivity index is 1.70. The van der Waals surface area contributed by atoms with Crippen LogP contribution in [0.1, 0.15) is 6.23 Å². The van der Waals surface area contributed by atoms with E-state index >= 15 is 0 Å². The van der Waals surface area contributed by atoms with Crippen LogP contribution in [0.4, 0.5) is 11.5 Å². The minimum atomic E-state index is -1.20. The second-order valence-corrected chi connectivity index (χ2v) is 5.77. The molecule has 2 unspecified atom stereocenters. The number of nitrogens with zero attached hydrogens (tertiary/aromatic N) is 4. The van der Waals surface area contributed by atoms with Crippen molar-refractivity contribution in [2.24, 2.45) is 0 Å². The maximum Gasteiger partial charge on any atom is 0.167 e. The number of benzene rings is 1. The first-order chi connectivity index (χ1) is 12.2. The zero-order valence-electron chi connectivity index (χ0n) is 13.1. The van der Waals surface area contributed by atoms with Crippen LogP contribution in [0.3, 0.4) is 0 Å². The zero-order chi connectivity index (χ0) is 17.4. The van der Waals surface area contributed by atoms with Gasteiger partial charge in [0, 0.05) is 5.69 Å². The molecule has 0 saturated carbocycles. The number of imidazole rings is 1. The number of rotatable bonds is 4. The minimum Gasteiger partial charge on any atom is -0.394 e. The van der Waals surface area contributed by atoms with Gasteiger partial charge in [-0.1, -0.05) is 18.2 Å². The predicted octanol–water partition coefficient (Wildman–Crippen LogP) is 0.181. The van der Waals surface area contributed by atoms with Gasteiger partial charge in [-0.25, -0.2) is 15.0 Å². The molecule has 1 fully saturated rings. The molecule has 0 bridgehead atoms. The topological polar surface area (TPSA) is 126 Å². The molecular formula is C16H17N5O4. The molecule has 0 aliphatic carbocycles. The fourth-order valence-corrected chi connectivity index (χ4v) is 2.90. The van der Waals surface area contributed by atoms with E-state index in [1.165, 1.54) is 17.2 Å². The second kappa shape index (κ2) is 6.37. The summed E-state index contributed by atoms with van der Waals surface area (Å²) in [6.07, 6.45) is -1.28. The number of hydrogen-bond acceptors (Lipinski definition) is 8. The summed E-state index contributed by atoms with van der Waals surface area (Å²) in [6, 6.07) is 9.52. The van der Waals surface area contributed by atoms with Gasteiger partial charge in [0.2, 0.25) is 0 Å². The molecule has 4 atom stereocenters. The van der Waals surface area contributed by atoms with Crippen molar-refractivity contribution in [1.82, 2.24) is 19.5 Å². The van der Waals surface area contributed by atoms with Crippen LogP contribution in [0, 0.1) is 0 Å². The maximum atomic E-state index is 10.2. The van der Waals surface area contributed by atoms with Crippen LogP contribution in [0.5, 0.6) is 0 Å². The van der Waals surface area contributed by atoms with E-state index in [1.54, 1.807) is 0 Å². The van der Waals surface area contributed by atoms with Crippen molar-refractivity contribution in [2.45, 2.75) is 24.5 Å². The van der Waals surface area contributed by atoms with Crippen LogP contribution in [0.25, 0.3) is 11.2 Å². The standard InChI is InChI=1S/C16H17N5O4/c22-6-10-12(23)13(24)16(25-10)21-8-19-11-14(17-7-18-15(11)21)20-9-4-2-1-3-5-9/h1-5,7-8,10,12-13,16,22-24H,6H2,(H,17,18,20)/t10-,12?,13?,16-/m1/s1. The number of anilines is 2. The Kier molecular flexibility index (Phi) is 4.06. The maximum absolute atomic E-state index is 10.2. The molecule has 0 radical (unpaired) electrons. The van der Waals surface area contributed by atoms with Gasteiger partial charge in [-0.05, 0) is 12.1 Å². The molecule has 25 heavy (non-hydrogen) atoms. The molecule has 1 aliphatic rings. The van der Waals surface area contributed by atoms with E-state index in [0.29, 0.717) is 17.0 Å². The highest BCUT2D eigenvalue weighted by molar-refractivity contribution is 5.85. The van der Waals surface area contributed by atoms with Crippen molar-refractivity contribution in [3.8, 4) is 0 Å². The van der Waals surface area contributed by atoms with Gasteiger partial charge < -0.3 is 25.4 Å². The first kappa shape index (κ1) is 15.9. The number of hydrogen-bond donors (Lipinski definition) is 4. The number of aromatic nitrogens is 4. The number of aliphatic hydroxyl groups excluding tert-OH is 3. The summed E-state index contributed by atoms with van der Waals surface area (Å²) in [5, 5.41) is 32.5. The van der Waals surface area contributed by atoms with Crippen molar-refractivity contribution >= 4 is 22.7 Å². The van der Waals surface area contributed by atoms with Gasteiger partial charge in [0.15, 0.2) is 23.2 Å². The Morgan fingerprint density at radius 3 is 2.60 bits per heavy atom. The monoisotopic (exact) mass is 343 g/mol. The molecular weight excluding hydrogens is 326 g/mol. The third-order valence-electron chi connectivity index (χ3n) is 4.19. The lowest BCUT2D eigenvalue weighted by atomic mass is 10.1. The summed E-state index contributed by atoms with van der Waals surface area (Å²) in [7, 11) is 0. The molecule has 0 spiro atoms. The summed E-state index contributed by atoms with van der Waals surface area (Å²) in [5.41, 5.74) is 1.80. The molecule has 1 aliphatic heterocycles. The van der Waals surface area contributed by atoms with Gasteiger partial charge in [0.25, 0.3) is 0 Å². The highest BCUT2D eigenvalue weighted by atomic mass is 16.6. The van der Waals surface area contributed by atoms with Crippen molar-refractivity contribution in [3.63, 3.8) is 0 Å². The van der Waals surface area contributed by atoms with Gasteiger partial charge in [-0.2, -0.15) is 0 Å².